The van der Waals surface area contributed by atoms with E-state index < -0.39 is 0 Å². The summed E-state index contributed by atoms with van der Waals surface area (Å²) in [6.07, 6.45) is 4.63. The van der Waals surface area contributed by atoms with E-state index in [2.05, 4.69) is 14.8 Å². The summed E-state index contributed by atoms with van der Waals surface area (Å²) in [5, 5.41) is 7.96. The zero-order valence-corrected chi connectivity index (χ0v) is 8.81. The van der Waals surface area contributed by atoms with Gasteiger partial charge in [0.25, 0.3) is 0 Å². The first-order valence-electron chi connectivity index (χ1n) is 5.46. The van der Waals surface area contributed by atoms with Gasteiger partial charge in [0.2, 0.25) is 0 Å². The molecule has 1 saturated carbocycles. The fourth-order valence-electron chi connectivity index (χ4n) is 1.86. The van der Waals surface area contributed by atoms with E-state index in [1.807, 2.05) is 6.07 Å². The molecule has 1 fully saturated rings. The van der Waals surface area contributed by atoms with Crippen molar-refractivity contribution in [3.05, 3.63) is 47.8 Å². The Kier molecular flexibility index (Phi) is 2.20. The van der Waals surface area contributed by atoms with Gasteiger partial charge in [0.15, 0.2) is 0 Å². The molecule has 0 bridgehead atoms. The number of benzene rings is 1. The number of hydrogen-bond acceptors (Lipinski definition) is 2. The minimum atomic E-state index is -0.173. The Labute approximate surface area is 92.9 Å². The van der Waals surface area contributed by atoms with Crippen molar-refractivity contribution in [2.45, 2.75) is 25.3 Å². The molecular formula is C12H12FN3. The van der Waals surface area contributed by atoms with E-state index in [0.29, 0.717) is 18.0 Å². The van der Waals surface area contributed by atoms with Crippen molar-refractivity contribution >= 4 is 0 Å². The minimum Gasteiger partial charge on any atom is -0.314 e. The average molecular weight is 217 g/mol. The third kappa shape index (κ3) is 1.71. The van der Waals surface area contributed by atoms with Crippen LogP contribution in [-0.2, 0) is 6.42 Å². The van der Waals surface area contributed by atoms with Crippen molar-refractivity contribution in [1.82, 2.24) is 14.8 Å². The molecule has 0 unspecified atom stereocenters. The van der Waals surface area contributed by atoms with Gasteiger partial charge in [-0.15, -0.1) is 10.2 Å². The fourth-order valence-corrected chi connectivity index (χ4v) is 1.86. The van der Waals surface area contributed by atoms with E-state index in [4.69, 9.17) is 0 Å². The van der Waals surface area contributed by atoms with Crippen LogP contribution in [0, 0.1) is 5.82 Å². The highest BCUT2D eigenvalue weighted by Crippen LogP contribution is 2.35. The molecule has 0 amide bonds. The molecule has 1 aromatic carbocycles. The lowest BCUT2D eigenvalue weighted by Crippen LogP contribution is -2.02. The second kappa shape index (κ2) is 3.70. The Bertz CT molecular complexity index is 502. The van der Waals surface area contributed by atoms with Gasteiger partial charge in [-0.2, -0.15) is 0 Å². The molecule has 1 heterocycles. The fraction of sp³-hybridized carbons (Fsp3) is 0.333. The summed E-state index contributed by atoms with van der Waals surface area (Å²) < 4.78 is 15.5. The van der Waals surface area contributed by atoms with Gasteiger partial charge in [0.1, 0.15) is 18.0 Å². The number of halogens is 1. The lowest BCUT2D eigenvalue weighted by molar-refractivity contribution is 0.606. The zero-order chi connectivity index (χ0) is 11.0. The molecule has 4 heteroatoms. The molecule has 0 N–H and O–H groups in total. The zero-order valence-electron chi connectivity index (χ0n) is 8.81. The van der Waals surface area contributed by atoms with Crippen LogP contribution in [-0.4, -0.2) is 14.8 Å². The maximum absolute atomic E-state index is 13.5. The van der Waals surface area contributed by atoms with Crippen LogP contribution < -0.4 is 0 Å². The third-order valence-electron chi connectivity index (χ3n) is 2.89. The highest BCUT2D eigenvalue weighted by molar-refractivity contribution is 5.21. The maximum atomic E-state index is 13.5. The Morgan fingerprint density at radius 3 is 2.88 bits per heavy atom. The molecule has 0 spiro atoms. The summed E-state index contributed by atoms with van der Waals surface area (Å²) in [4.78, 5) is 0. The summed E-state index contributed by atoms with van der Waals surface area (Å²) in [7, 11) is 0. The molecule has 1 aromatic heterocycles. The minimum absolute atomic E-state index is 0.173. The molecular weight excluding hydrogens is 205 g/mol. The lowest BCUT2D eigenvalue weighted by atomic mass is 10.1. The Morgan fingerprint density at radius 2 is 2.12 bits per heavy atom. The number of aromatic nitrogens is 3. The van der Waals surface area contributed by atoms with Gasteiger partial charge in [-0.25, -0.2) is 4.39 Å². The highest BCUT2D eigenvalue weighted by Gasteiger charge is 2.26. The first-order chi connectivity index (χ1) is 7.84. The standard InChI is InChI=1S/C12H12FN3/c13-11-4-2-1-3-9(11)7-12-15-14-8-16(12)10-5-6-10/h1-4,8,10H,5-7H2. The molecule has 16 heavy (non-hydrogen) atoms. The van der Waals surface area contributed by atoms with Gasteiger partial charge < -0.3 is 4.57 Å². The lowest BCUT2D eigenvalue weighted by Gasteiger charge is -2.05. The van der Waals surface area contributed by atoms with Crippen molar-refractivity contribution in [3.8, 4) is 0 Å². The molecule has 0 radical (unpaired) electrons. The molecule has 3 nitrogen and oxygen atoms in total. The number of rotatable bonds is 3. The Morgan fingerprint density at radius 1 is 1.31 bits per heavy atom. The van der Waals surface area contributed by atoms with Crippen LogP contribution in [0.2, 0.25) is 0 Å². The van der Waals surface area contributed by atoms with Crippen molar-refractivity contribution in [2.75, 3.05) is 0 Å². The van der Waals surface area contributed by atoms with Crippen molar-refractivity contribution in [1.29, 1.82) is 0 Å². The summed E-state index contributed by atoms with van der Waals surface area (Å²) in [6.45, 7) is 0. The summed E-state index contributed by atoms with van der Waals surface area (Å²) >= 11 is 0. The van der Waals surface area contributed by atoms with Gasteiger partial charge in [-0.3, -0.25) is 0 Å². The molecule has 0 saturated heterocycles. The van der Waals surface area contributed by atoms with Crippen molar-refractivity contribution in [2.24, 2.45) is 0 Å². The van der Waals surface area contributed by atoms with Crippen LogP contribution in [0.4, 0.5) is 4.39 Å². The van der Waals surface area contributed by atoms with Gasteiger partial charge in [-0.1, -0.05) is 18.2 Å². The van der Waals surface area contributed by atoms with Crippen LogP contribution in [0.3, 0.4) is 0 Å². The summed E-state index contributed by atoms with van der Waals surface area (Å²) in [6, 6.07) is 7.35. The molecule has 82 valence electrons. The predicted molar refractivity (Wildman–Crippen MR) is 57.5 cm³/mol. The van der Waals surface area contributed by atoms with E-state index in [0.717, 1.165) is 5.82 Å². The Balaban J connectivity index is 1.88. The third-order valence-corrected chi connectivity index (χ3v) is 2.89. The van der Waals surface area contributed by atoms with E-state index in [-0.39, 0.29) is 5.82 Å². The first-order valence-corrected chi connectivity index (χ1v) is 5.46. The van der Waals surface area contributed by atoms with Crippen LogP contribution in [0.5, 0.6) is 0 Å². The molecule has 3 rings (SSSR count). The molecule has 1 aliphatic rings. The van der Waals surface area contributed by atoms with E-state index in [1.54, 1.807) is 18.5 Å². The summed E-state index contributed by atoms with van der Waals surface area (Å²) in [5.41, 5.74) is 0.678. The molecule has 0 aliphatic heterocycles. The van der Waals surface area contributed by atoms with E-state index in [9.17, 15) is 4.39 Å². The monoisotopic (exact) mass is 217 g/mol. The quantitative estimate of drug-likeness (QED) is 0.790. The topological polar surface area (TPSA) is 30.7 Å². The largest absolute Gasteiger partial charge is 0.314 e. The smallest absolute Gasteiger partial charge is 0.137 e. The van der Waals surface area contributed by atoms with Gasteiger partial charge in [0, 0.05) is 12.5 Å². The van der Waals surface area contributed by atoms with Crippen LogP contribution >= 0.6 is 0 Å². The number of nitrogens with zero attached hydrogens (tertiary/aromatic N) is 3. The van der Waals surface area contributed by atoms with Gasteiger partial charge >= 0.3 is 0 Å². The normalized spacial score (nSPS) is 15.3. The Hall–Kier alpha value is -1.71. The van der Waals surface area contributed by atoms with Crippen LogP contribution in [0.15, 0.2) is 30.6 Å². The molecule has 2 aromatic rings. The average Bonchev–Trinajstić information content (AvgIpc) is 3.03. The highest BCUT2D eigenvalue weighted by atomic mass is 19.1. The van der Waals surface area contributed by atoms with Crippen molar-refractivity contribution in [3.63, 3.8) is 0 Å². The van der Waals surface area contributed by atoms with Gasteiger partial charge in [-0.05, 0) is 24.5 Å². The van der Waals surface area contributed by atoms with E-state index >= 15 is 0 Å². The summed E-state index contributed by atoms with van der Waals surface area (Å²) in [5.74, 6) is 0.681. The first kappa shape index (κ1) is 9.51. The van der Waals surface area contributed by atoms with Crippen LogP contribution in [0.25, 0.3) is 0 Å². The molecule has 0 atom stereocenters. The second-order valence-electron chi connectivity index (χ2n) is 4.15. The van der Waals surface area contributed by atoms with E-state index in [1.165, 1.54) is 18.9 Å². The van der Waals surface area contributed by atoms with Gasteiger partial charge in [0.05, 0.1) is 0 Å². The second-order valence-corrected chi connectivity index (χ2v) is 4.15. The SMILES string of the molecule is Fc1ccccc1Cc1nncn1C1CC1. The number of hydrogen-bond donors (Lipinski definition) is 0. The predicted octanol–water partition coefficient (Wildman–Crippen LogP) is 2.34. The van der Waals surface area contributed by atoms with Crippen molar-refractivity contribution < 1.29 is 4.39 Å². The maximum Gasteiger partial charge on any atom is 0.137 e. The van der Waals surface area contributed by atoms with Crippen LogP contribution in [0.1, 0.15) is 30.3 Å². The molecule has 1 aliphatic carbocycles.